The number of halogens is 18. The summed E-state index contributed by atoms with van der Waals surface area (Å²) >= 11 is 0. The van der Waals surface area contributed by atoms with E-state index in [1.807, 2.05) is 0 Å². The molecule has 0 aliphatic rings. The summed E-state index contributed by atoms with van der Waals surface area (Å²) in [7, 11) is 0. The first kappa shape index (κ1) is 35.7. The van der Waals surface area contributed by atoms with Crippen LogP contribution in [-0.4, -0.2) is 59.5 Å². The summed E-state index contributed by atoms with van der Waals surface area (Å²) in [6.07, 6.45) is -22.4. The lowest BCUT2D eigenvalue weighted by Crippen LogP contribution is -2.73. The van der Waals surface area contributed by atoms with Gasteiger partial charge in [0.25, 0.3) is 0 Å². The molecule has 0 spiro atoms. The average Bonchev–Trinajstić information content (AvgIpc) is 2.56. The van der Waals surface area contributed by atoms with Crippen molar-refractivity contribution in [3.63, 3.8) is 0 Å². The predicted molar refractivity (Wildman–Crippen MR) is 85.9 cm³/mol. The van der Waals surface area contributed by atoms with Crippen molar-refractivity contribution in [1.82, 2.24) is 0 Å². The lowest BCUT2D eigenvalue weighted by atomic mass is 9.80. The highest BCUT2D eigenvalue weighted by atomic mass is 19.4. The van der Waals surface area contributed by atoms with E-state index in [-0.39, 0.29) is 20.8 Å². The molecule has 20 heteroatoms. The van der Waals surface area contributed by atoms with Crippen molar-refractivity contribution < 1.29 is 88.5 Å². The van der Waals surface area contributed by atoms with Gasteiger partial charge in [-0.05, 0) is 20.8 Å². The van der Waals surface area contributed by atoms with Gasteiger partial charge in [0, 0.05) is 5.41 Å². The number of hydrogen-bond donors (Lipinski definition) is 0. The summed E-state index contributed by atoms with van der Waals surface area (Å²) < 4.78 is 250. The highest BCUT2D eigenvalue weighted by Crippen LogP contribution is 2.63. The predicted octanol–water partition coefficient (Wildman–Crippen LogP) is 8.45. The molecule has 0 aliphatic heterocycles. The molecule has 0 heterocycles. The Morgan fingerprint density at radius 2 is 0.541 bits per heavy atom. The normalized spacial score (nSPS) is 16.9. The Hall–Kier alpha value is -1.34. The molecule has 37 heavy (non-hydrogen) atoms. The molecule has 0 rings (SSSR count). The summed E-state index contributed by atoms with van der Waals surface area (Å²) in [5.74, 6) is -46.6. The summed E-state index contributed by atoms with van der Waals surface area (Å²) in [6.45, 7) is 1.47. The van der Waals surface area contributed by atoms with Gasteiger partial charge in [-0.3, -0.25) is 0 Å². The number of rotatable bonds is 10. The van der Waals surface area contributed by atoms with E-state index in [1.165, 1.54) is 4.74 Å². The van der Waals surface area contributed by atoms with Crippen LogP contribution < -0.4 is 0 Å². The van der Waals surface area contributed by atoms with E-state index in [1.54, 1.807) is 0 Å². The van der Waals surface area contributed by atoms with Gasteiger partial charge in [-0.15, -0.1) is 0 Å². The molecule has 0 atom stereocenters. The van der Waals surface area contributed by atoms with Crippen molar-refractivity contribution >= 4 is 0 Å². The Morgan fingerprint density at radius 3 is 0.838 bits per heavy atom. The number of alkyl halides is 18. The Bertz CT molecular complexity index is 819. The molecule has 0 amide bonds. The van der Waals surface area contributed by atoms with Crippen LogP contribution in [0.15, 0.2) is 0 Å². The molecule has 224 valence electrons. The second kappa shape index (κ2) is 8.84. The van der Waals surface area contributed by atoms with Crippen LogP contribution in [0.1, 0.15) is 41.5 Å². The van der Waals surface area contributed by atoms with Gasteiger partial charge < -0.3 is 4.74 Å². The molecule has 2 nitrogen and oxygen atoms in total. The summed E-state index contributed by atoms with van der Waals surface area (Å²) in [4.78, 5) is 0. The fraction of sp³-hybridized carbons (Fsp3) is 1.00. The fourth-order valence-electron chi connectivity index (χ4n) is 2.15. The molecule has 0 bridgehead atoms. The Balaban J connectivity index is 6.71. The molecule has 0 fully saturated rings. The van der Waals surface area contributed by atoms with Crippen LogP contribution in [0, 0.1) is 5.41 Å². The highest BCUT2D eigenvalue weighted by molar-refractivity contribution is 5.12. The van der Waals surface area contributed by atoms with Crippen molar-refractivity contribution in [2.75, 3.05) is 0 Å². The Morgan fingerprint density at radius 1 is 0.297 bits per heavy atom. The van der Waals surface area contributed by atoms with E-state index in [0.29, 0.717) is 20.8 Å². The second-order valence-electron chi connectivity index (χ2n) is 9.56. The van der Waals surface area contributed by atoms with Gasteiger partial charge >= 0.3 is 53.9 Å². The van der Waals surface area contributed by atoms with Gasteiger partial charge in [0.15, 0.2) is 0 Å². The van der Waals surface area contributed by atoms with Crippen LogP contribution in [0.25, 0.3) is 0 Å². The maximum Gasteiger partial charge on any atom is 0.433 e. The Labute approximate surface area is 196 Å². The monoisotopic (exact) mass is 596 g/mol. The minimum Gasteiger partial charge on any atom is -0.310 e. The van der Waals surface area contributed by atoms with Gasteiger partial charge in [-0.2, -0.15) is 79.0 Å². The van der Waals surface area contributed by atoms with Gasteiger partial charge in [-0.25, -0.2) is 4.74 Å². The van der Waals surface area contributed by atoms with Crippen molar-refractivity contribution in [1.29, 1.82) is 0 Å². The smallest absolute Gasteiger partial charge is 0.310 e. The lowest BCUT2D eigenvalue weighted by Gasteiger charge is -2.44. The fourth-order valence-corrected chi connectivity index (χ4v) is 2.15. The molecular formula is C17H18F18O2. The molecule has 0 N–H and O–H groups in total. The molecular weight excluding hydrogens is 578 g/mol. The number of hydrogen-bond acceptors (Lipinski definition) is 2. The van der Waals surface area contributed by atoms with Crippen molar-refractivity contribution in [2.45, 2.75) is 101 Å². The topological polar surface area (TPSA) is 18.5 Å². The van der Waals surface area contributed by atoms with E-state index >= 15 is 0 Å². The third kappa shape index (κ3) is 5.41. The van der Waals surface area contributed by atoms with Crippen molar-refractivity contribution in [3.8, 4) is 0 Å². The molecule has 0 aromatic carbocycles. The van der Waals surface area contributed by atoms with Crippen LogP contribution in [-0.2, 0) is 9.47 Å². The zero-order chi connectivity index (χ0) is 30.9. The largest absolute Gasteiger partial charge is 0.433 e. The van der Waals surface area contributed by atoms with Gasteiger partial charge in [-0.1, -0.05) is 20.8 Å². The minimum absolute atomic E-state index is 0.00649. The summed E-state index contributed by atoms with van der Waals surface area (Å²) in [6, 6.07) is 0. The quantitative estimate of drug-likeness (QED) is 0.236. The molecule has 0 radical (unpaired) electrons. The van der Waals surface area contributed by atoms with E-state index in [9.17, 15) is 79.0 Å². The van der Waals surface area contributed by atoms with Crippen LogP contribution in [0.3, 0.4) is 0 Å². The SMILES string of the molecule is CC(C)(C)OC(F)(F)C(F)(F)C(F)(F)OC(F)(F)C(F)(F)C(F)(F)C(F)(F)C(F)(F)C(F)(F)C(C)(C)C. The highest BCUT2D eigenvalue weighted by Gasteiger charge is 2.92. The van der Waals surface area contributed by atoms with E-state index < -0.39 is 64.9 Å². The average molecular weight is 596 g/mol. The van der Waals surface area contributed by atoms with Crippen molar-refractivity contribution in [3.05, 3.63) is 0 Å². The van der Waals surface area contributed by atoms with Gasteiger partial charge in [0.1, 0.15) is 0 Å². The van der Waals surface area contributed by atoms with Gasteiger partial charge in [0.2, 0.25) is 0 Å². The van der Waals surface area contributed by atoms with Gasteiger partial charge in [0.05, 0.1) is 5.60 Å². The zero-order valence-corrected chi connectivity index (χ0v) is 19.1. The maximum atomic E-state index is 13.8. The standard InChI is InChI=1S/C17H18F18O2/c1-7(2,3)9(18,19)10(20,21)11(22,23)12(24,25)13(26,27)15(30,31)37-17(34,35)14(28,29)16(32,33)36-8(4,5)6/h1-6H3. The van der Waals surface area contributed by atoms with Crippen LogP contribution in [0.2, 0.25) is 0 Å². The summed E-state index contributed by atoms with van der Waals surface area (Å²) in [5, 5.41) is 0. The van der Waals surface area contributed by atoms with E-state index in [2.05, 4.69) is 4.74 Å². The van der Waals surface area contributed by atoms with E-state index in [4.69, 9.17) is 0 Å². The molecule has 0 aromatic rings. The first-order valence-electron chi connectivity index (χ1n) is 9.22. The van der Waals surface area contributed by atoms with E-state index in [0.717, 1.165) is 0 Å². The molecule has 0 saturated carbocycles. The third-order valence-electron chi connectivity index (χ3n) is 4.31. The molecule has 0 saturated heterocycles. The lowest BCUT2D eigenvalue weighted by molar-refractivity contribution is -0.531. The Kier molecular flexibility index (Phi) is 8.52. The van der Waals surface area contributed by atoms with Crippen LogP contribution >= 0.6 is 0 Å². The van der Waals surface area contributed by atoms with Crippen LogP contribution in [0.4, 0.5) is 79.0 Å². The molecule has 0 aliphatic carbocycles. The first-order chi connectivity index (χ1) is 15.4. The molecule has 0 aromatic heterocycles. The minimum atomic E-state index is -8.47. The molecule has 0 unspecified atom stereocenters. The first-order valence-corrected chi connectivity index (χ1v) is 9.22. The zero-order valence-electron chi connectivity index (χ0n) is 19.1. The number of ether oxygens (including phenoxy) is 2. The van der Waals surface area contributed by atoms with Crippen molar-refractivity contribution in [2.24, 2.45) is 5.41 Å². The summed E-state index contributed by atoms with van der Waals surface area (Å²) in [5.41, 5.74) is -5.97. The third-order valence-corrected chi connectivity index (χ3v) is 4.31. The maximum absolute atomic E-state index is 13.8. The van der Waals surface area contributed by atoms with Crippen LogP contribution in [0.5, 0.6) is 0 Å². The second-order valence-corrected chi connectivity index (χ2v) is 9.56.